The molecule has 1 unspecified atom stereocenters. The maximum Gasteiger partial charge on any atom is 1.00 e. The van der Waals surface area contributed by atoms with Crippen LogP contribution >= 0.6 is 0 Å². The fourth-order valence-corrected chi connectivity index (χ4v) is 0.602. The average Bonchev–Trinajstić information content (AvgIpc) is 1.61. The molecule has 0 aromatic rings. The smallest absolute Gasteiger partial charge is 0.746 e. The standard InChI is InChI=1S/C4H10O5S.Na/c1-4(5,3-9-2)10(6,7)8;/h5H,3H2,1-2H3,(H,6,7,8);/q;+1/p-1. The molecule has 0 aliphatic heterocycles. The summed E-state index contributed by atoms with van der Waals surface area (Å²) in [7, 11) is -3.49. The van der Waals surface area contributed by atoms with E-state index >= 15 is 0 Å². The Balaban J connectivity index is 0. The average molecular weight is 192 g/mol. The summed E-state index contributed by atoms with van der Waals surface area (Å²) in [6.07, 6.45) is 0. The zero-order valence-corrected chi connectivity index (χ0v) is 9.51. The molecule has 0 heterocycles. The zero-order valence-electron chi connectivity index (χ0n) is 6.70. The summed E-state index contributed by atoms with van der Waals surface area (Å²) < 4.78 is 34.8. The van der Waals surface area contributed by atoms with Crippen LogP contribution in [0.1, 0.15) is 6.92 Å². The van der Waals surface area contributed by atoms with E-state index in [1.165, 1.54) is 7.11 Å². The first-order valence-corrected chi connectivity index (χ1v) is 3.89. The Morgan fingerprint density at radius 1 is 1.64 bits per heavy atom. The van der Waals surface area contributed by atoms with Gasteiger partial charge in [0.2, 0.25) is 0 Å². The van der Waals surface area contributed by atoms with Crippen LogP contribution in [0.4, 0.5) is 0 Å². The van der Waals surface area contributed by atoms with Gasteiger partial charge in [-0.3, -0.25) is 0 Å². The molecule has 0 rings (SSSR count). The molecule has 0 aromatic heterocycles. The van der Waals surface area contributed by atoms with E-state index in [4.69, 9.17) is 5.11 Å². The molecule has 0 amide bonds. The molecule has 0 spiro atoms. The van der Waals surface area contributed by atoms with E-state index < -0.39 is 21.7 Å². The van der Waals surface area contributed by atoms with Crippen LogP contribution in [0.15, 0.2) is 0 Å². The molecule has 0 radical (unpaired) electrons. The second-order valence-electron chi connectivity index (χ2n) is 2.06. The van der Waals surface area contributed by atoms with E-state index in [1.54, 1.807) is 0 Å². The monoisotopic (exact) mass is 192 g/mol. The summed E-state index contributed by atoms with van der Waals surface area (Å²) in [5.74, 6) is 0. The predicted octanol–water partition coefficient (Wildman–Crippen LogP) is -4.11. The maximum absolute atomic E-state index is 10.2. The summed E-state index contributed by atoms with van der Waals surface area (Å²) in [5, 5.41) is 8.83. The Hall–Kier alpha value is 0.830. The Morgan fingerprint density at radius 2 is 2.00 bits per heavy atom. The first kappa shape index (κ1) is 14.4. The van der Waals surface area contributed by atoms with Gasteiger partial charge in [-0.2, -0.15) is 0 Å². The van der Waals surface area contributed by atoms with E-state index in [1.807, 2.05) is 0 Å². The van der Waals surface area contributed by atoms with Crippen molar-refractivity contribution in [3.63, 3.8) is 0 Å². The fourth-order valence-electron chi connectivity index (χ4n) is 0.340. The van der Waals surface area contributed by atoms with Gasteiger partial charge < -0.3 is 14.4 Å². The number of hydrogen-bond acceptors (Lipinski definition) is 5. The molecule has 5 nitrogen and oxygen atoms in total. The van der Waals surface area contributed by atoms with E-state index in [0.717, 1.165) is 6.92 Å². The van der Waals surface area contributed by atoms with Crippen molar-refractivity contribution in [1.29, 1.82) is 0 Å². The van der Waals surface area contributed by atoms with Crippen LogP contribution < -0.4 is 29.6 Å². The van der Waals surface area contributed by atoms with Gasteiger partial charge >= 0.3 is 29.6 Å². The topological polar surface area (TPSA) is 86.7 Å². The molecule has 0 aromatic carbocycles. The Bertz CT molecular complexity index is 197. The summed E-state index contributed by atoms with van der Waals surface area (Å²) in [6, 6.07) is 0. The van der Waals surface area contributed by atoms with Crippen molar-refractivity contribution in [2.24, 2.45) is 0 Å². The molecular formula is C4H9NaO5S. The van der Waals surface area contributed by atoms with E-state index in [9.17, 15) is 13.0 Å². The van der Waals surface area contributed by atoms with Crippen LogP contribution in [-0.4, -0.2) is 36.7 Å². The van der Waals surface area contributed by atoms with Crippen molar-refractivity contribution in [1.82, 2.24) is 0 Å². The molecule has 0 aliphatic rings. The number of aliphatic hydroxyl groups is 1. The van der Waals surface area contributed by atoms with Crippen molar-refractivity contribution in [3.05, 3.63) is 0 Å². The molecule has 7 heteroatoms. The zero-order chi connectivity index (χ0) is 8.41. The van der Waals surface area contributed by atoms with Crippen molar-refractivity contribution >= 4 is 10.1 Å². The molecule has 62 valence electrons. The molecular weight excluding hydrogens is 183 g/mol. The summed E-state index contributed by atoms with van der Waals surface area (Å²) in [5.41, 5.74) is 0. The van der Waals surface area contributed by atoms with Crippen LogP contribution in [0.25, 0.3) is 0 Å². The van der Waals surface area contributed by atoms with Gasteiger partial charge in [0, 0.05) is 7.11 Å². The van der Waals surface area contributed by atoms with Gasteiger partial charge in [-0.1, -0.05) is 0 Å². The molecule has 0 saturated carbocycles. The van der Waals surface area contributed by atoms with Crippen molar-refractivity contribution in [3.8, 4) is 0 Å². The first-order chi connectivity index (χ1) is 4.31. The maximum atomic E-state index is 10.2. The van der Waals surface area contributed by atoms with Crippen LogP contribution in [-0.2, 0) is 14.9 Å². The summed E-state index contributed by atoms with van der Waals surface area (Å²) in [4.78, 5) is -2.32. The minimum atomic E-state index is -4.68. The second kappa shape index (κ2) is 4.76. The quantitative estimate of drug-likeness (QED) is 0.362. The molecule has 1 N–H and O–H groups in total. The number of methoxy groups -OCH3 is 1. The number of rotatable bonds is 3. The predicted molar refractivity (Wildman–Crippen MR) is 32.2 cm³/mol. The Morgan fingerprint density at radius 3 is 2.09 bits per heavy atom. The normalized spacial score (nSPS) is 16.7. The van der Waals surface area contributed by atoms with E-state index in [-0.39, 0.29) is 29.6 Å². The summed E-state index contributed by atoms with van der Waals surface area (Å²) in [6.45, 7) is 0.373. The van der Waals surface area contributed by atoms with Crippen molar-refractivity contribution < 1.29 is 52.4 Å². The summed E-state index contributed by atoms with van der Waals surface area (Å²) >= 11 is 0. The van der Waals surface area contributed by atoms with Crippen molar-refractivity contribution in [2.45, 2.75) is 11.9 Å². The minimum absolute atomic E-state index is 0. The van der Waals surface area contributed by atoms with Gasteiger partial charge in [-0.25, -0.2) is 8.42 Å². The van der Waals surface area contributed by atoms with E-state index in [2.05, 4.69) is 4.74 Å². The second-order valence-corrected chi connectivity index (χ2v) is 3.85. The largest absolute Gasteiger partial charge is 1.00 e. The molecule has 0 bridgehead atoms. The van der Waals surface area contributed by atoms with Gasteiger partial charge in [0.15, 0.2) is 4.93 Å². The van der Waals surface area contributed by atoms with Gasteiger partial charge in [0.25, 0.3) is 0 Å². The van der Waals surface area contributed by atoms with Crippen LogP contribution in [0, 0.1) is 0 Å². The molecule has 11 heavy (non-hydrogen) atoms. The Kier molecular flexibility index (Phi) is 6.21. The van der Waals surface area contributed by atoms with Gasteiger partial charge in [0.05, 0.1) is 6.61 Å². The molecule has 0 saturated heterocycles. The number of hydrogen-bond donors (Lipinski definition) is 1. The third-order valence-electron chi connectivity index (χ3n) is 0.951. The fraction of sp³-hybridized carbons (Fsp3) is 1.00. The Labute approximate surface area is 87.8 Å². The van der Waals surface area contributed by atoms with Gasteiger partial charge in [-0.15, -0.1) is 0 Å². The molecule has 0 aliphatic carbocycles. The van der Waals surface area contributed by atoms with Gasteiger partial charge in [-0.05, 0) is 6.92 Å². The molecule has 0 fully saturated rings. The van der Waals surface area contributed by atoms with Crippen molar-refractivity contribution in [2.75, 3.05) is 13.7 Å². The van der Waals surface area contributed by atoms with Crippen LogP contribution in [0.5, 0.6) is 0 Å². The van der Waals surface area contributed by atoms with E-state index in [0.29, 0.717) is 0 Å². The van der Waals surface area contributed by atoms with Gasteiger partial charge in [0.1, 0.15) is 10.1 Å². The third kappa shape index (κ3) is 4.41. The van der Waals surface area contributed by atoms with Crippen LogP contribution in [0.2, 0.25) is 0 Å². The number of ether oxygens (including phenoxy) is 1. The minimum Gasteiger partial charge on any atom is -0.746 e. The third-order valence-corrected chi connectivity index (χ3v) is 2.15. The molecule has 1 atom stereocenters. The first-order valence-electron chi connectivity index (χ1n) is 2.48. The SMILES string of the molecule is COCC(C)(O)S(=O)(=O)[O-].[Na+]. The van der Waals surface area contributed by atoms with Crippen LogP contribution in [0.3, 0.4) is 0 Å².